The van der Waals surface area contributed by atoms with E-state index in [1.165, 1.54) is 0 Å². The van der Waals surface area contributed by atoms with Crippen LogP contribution in [0.1, 0.15) is 77.2 Å². The highest BCUT2D eigenvalue weighted by atomic mass is 16.5. The Kier molecular flexibility index (Phi) is 12.6. The van der Waals surface area contributed by atoms with Gasteiger partial charge in [-0.3, -0.25) is 29.2 Å². The third kappa shape index (κ3) is 9.43. The van der Waals surface area contributed by atoms with E-state index in [2.05, 4.69) is 16.0 Å². The minimum absolute atomic E-state index is 0.103. The van der Waals surface area contributed by atoms with Gasteiger partial charge in [-0.25, -0.2) is 5.48 Å². The van der Waals surface area contributed by atoms with Gasteiger partial charge >= 0.3 is 0 Å². The number of methoxy groups -OCH3 is 1. The Morgan fingerprint density at radius 2 is 1.62 bits per heavy atom. The van der Waals surface area contributed by atoms with Crippen molar-refractivity contribution in [3.05, 3.63) is 29.8 Å². The van der Waals surface area contributed by atoms with Crippen molar-refractivity contribution >= 4 is 29.5 Å². The summed E-state index contributed by atoms with van der Waals surface area (Å²) in [5.41, 5.74) is 2.38. The second-order valence-corrected chi connectivity index (χ2v) is 11.5. The molecule has 5 N–H and O–H groups in total. The first-order valence-corrected chi connectivity index (χ1v) is 14.9. The topological polar surface area (TPSA) is 166 Å². The molecule has 232 valence electrons. The van der Waals surface area contributed by atoms with Crippen LogP contribution in [0.25, 0.3) is 0 Å². The molecule has 1 aromatic carbocycles. The molecule has 0 spiro atoms. The van der Waals surface area contributed by atoms with Crippen molar-refractivity contribution in [2.45, 2.75) is 102 Å². The lowest BCUT2D eigenvalue weighted by Gasteiger charge is -2.39. The van der Waals surface area contributed by atoms with Gasteiger partial charge in [0.15, 0.2) is 0 Å². The molecule has 1 aromatic rings. The van der Waals surface area contributed by atoms with Crippen molar-refractivity contribution in [3.8, 4) is 5.75 Å². The summed E-state index contributed by atoms with van der Waals surface area (Å²) < 4.78 is 5.23. The maximum Gasteiger partial charge on any atom is 0.245 e. The van der Waals surface area contributed by atoms with E-state index in [4.69, 9.17) is 9.94 Å². The van der Waals surface area contributed by atoms with E-state index in [-0.39, 0.29) is 37.0 Å². The number of carbonyl (C=O) groups excluding carboxylic acids is 5. The maximum atomic E-state index is 13.8. The first-order valence-electron chi connectivity index (χ1n) is 14.9. The summed E-state index contributed by atoms with van der Waals surface area (Å²) in [4.78, 5) is 67.6. The van der Waals surface area contributed by atoms with Gasteiger partial charge in [-0.2, -0.15) is 0 Å². The molecule has 4 atom stereocenters. The minimum atomic E-state index is -0.988. The quantitative estimate of drug-likeness (QED) is 0.149. The summed E-state index contributed by atoms with van der Waals surface area (Å²) in [6.07, 6.45) is 4.61. The highest BCUT2D eigenvalue weighted by Gasteiger charge is 2.39. The summed E-state index contributed by atoms with van der Waals surface area (Å²) in [6, 6.07) is 3.69. The Morgan fingerprint density at radius 1 is 0.952 bits per heavy atom. The fraction of sp³-hybridized carbons (Fsp3) is 0.633. The van der Waals surface area contributed by atoms with Crippen LogP contribution in [0, 0.1) is 5.92 Å². The van der Waals surface area contributed by atoms with Crippen LogP contribution in [0.2, 0.25) is 0 Å². The van der Waals surface area contributed by atoms with E-state index in [1.807, 2.05) is 26.0 Å². The lowest BCUT2D eigenvalue weighted by molar-refractivity contribution is -0.147. The molecule has 2 aliphatic rings. The summed E-state index contributed by atoms with van der Waals surface area (Å²) in [5.74, 6) is -1.35. The molecule has 42 heavy (non-hydrogen) atoms. The molecule has 2 saturated heterocycles. The van der Waals surface area contributed by atoms with Gasteiger partial charge in [-0.15, -0.1) is 0 Å². The van der Waals surface area contributed by atoms with Crippen LogP contribution in [-0.4, -0.2) is 77.5 Å². The lowest BCUT2D eigenvalue weighted by atomic mass is 9.95. The molecule has 0 aromatic heterocycles. The van der Waals surface area contributed by atoms with E-state index in [0.717, 1.165) is 18.4 Å². The van der Waals surface area contributed by atoms with Gasteiger partial charge < -0.3 is 25.6 Å². The second kappa shape index (κ2) is 16.1. The first kappa shape index (κ1) is 32.8. The molecular weight excluding hydrogens is 542 g/mol. The van der Waals surface area contributed by atoms with Gasteiger partial charge in [-0.1, -0.05) is 38.8 Å². The van der Waals surface area contributed by atoms with Crippen LogP contribution in [0.4, 0.5) is 0 Å². The number of nitrogens with zero attached hydrogens (tertiary/aromatic N) is 1. The number of hydroxylamine groups is 1. The number of nitrogens with one attached hydrogen (secondary N) is 4. The number of hydrogen-bond acceptors (Lipinski definition) is 7. The smallest absolute Gasteiger partial charge is 0.245 e. The number of carbonyl (C=O) groups is 5. The molecule has 3 rings (SSSR count). The molecular formula is C30H45N5O7. The predicted molar refractivity (Wildman–Crippen MR) is 154 cm³/mol. The minimum Gasteiger partial charge on any atom is -0.497 e. The van der Waals surface area contributed by atoms with Crippen molar-refractivity contribution in [2.75, 3.05) is 13.7 Å². The molecule has 2 aliphatic heterocycles. The largest absolute Gasteiger partial charge is 0.497 e. The van der Waals surface area contributed by atoms with Crippen LogP contribution in [0.15, 0.2) is 24.3 Å². The van der Waals surface area contributed by atoms with E-state index < -0.39 is 41.9 Å². The third-order valence-corrected chi connectivity index (χ3v) is 7.80. The summed E-state index contributed by atoms with van der Waals surface area (Å²) in [5, 5.41) is 17.3. The van der Waals surface area contributed by atoms with E-state index in [1.54, 1.807) is 29.6 Å². The van der Waals surface area contributed by atoms with Gasteiger partial charge in [-0.05, 0) is 62.1 Å². The average Bonchev–Trinajstić information content (AvgIpc) is 2.98. The normalized spacial score (nSPS) is 23.6. The van der Waals surface area contributed by atoms with E-state index >= 15 is 0 Å². The zero-order chi connectivity index (χ0) is 30.6. The monoisotopic (exact) mass is 587 g/mol. The zero-order valence-corrected chi connectivity index (χ0v) is 24.8. The van der Waals surface area contributed by atoms with Crippen LogP contribution < -0.4 is 26.2 Å². The molecule has 12 heteroatoms. The highest BCUT2D eigenvalue weighted by molar-refractivity contribution is 5.97. The molecule has 0 unspecified atom stereocenters. The molecule has 5 amide bonds. The number of ether oxygens (including phenoxy) is 1. The molecule has 0 saturated carbocycles. The predicted octanol–water partition coefficient (Wildman–Crippen LogP) is 1.59. The van der Waals surface area contributed by atoms with Gasteiger partial charge in [0.25, 0.3) is 0 Å². The molecule has 0 bridgehead atoms. The van der Waals surface area contributed by atoms with Crippen molar-refractivity contribution in [3.63, 3.8) is 0 Å². The van der Waals surface area contributed by atoms with Crippen molar-refractivity contribution in [1.82, 2.24) is 26.3 Å². The van der Waals surface area contributed by atoms with Crippen LogP contribution in [-0.2, 0) is 30.4 Å². The molecule has 2 heterocycles. The summed E-state index contributed by atoms with van der Waals surface area (Å²) in [6.45, 7) is 4.33. The summed E-state index contributed by atoms with van der Waals surface area (Å²) in [7, 11) is 1.56. The van der Waals surface area contributed by atoms with Gasteiger partial charge in [0, 0.05) is 19.4 Å². The third-order valence-electron chi connectivity index (χ3n) is 7.80. The number of benzene rings is 1. The molecule has 2 fully saturated rings. The number of unbranched alkanes of at least 4 members (excludes halogenated alkanes) is 2. The number of fused-ring (bicyclic) bond motifs is 1. The fourth-order valence-electron chi connectivity index (χ4n) is 5.52. The Labute approximate surface area is 247 Å². The Hall–Kier alpha value is -3.67. The molecule has 0 aliphatic carbocycles. The zero-order valence-electron chi connectivity index (χ0n) is 24.8. The SMILES string of the molecule is COc1ccc(C[C@H]2NC(=O)[C@H](CCCCCC(=O)NO)NC(=O)[C@H]3CCCCN3C(=O)[C@H](CC(C)C)NC2=O)cc1. The Balaban J connectivity index is 1.89. The van der Waals surface area contributed by atoms with Gasteiger partial charge in [0.2, 0.25) is 29.5 Å². The maximum absolute atomic E-state index is 13.8. The first-order chi connectivity index (χ1) is 20.1. The second-order valence-electron chi connectivity index (χ2n) is 11.5. The molecule has 0 radical (unpaired) electrons. The number of hydrogen-bond donors (Lipinski definition) is 5. The number of piperidine rings is 1. The lowest BCUT2D eigenvalue weighted by Crippen LogP contribution is -2.63. The fourth-order valence-corrected chi connectivity index (χ4v) is 5.52. The summed E-state index contributed by atoms with van der Waals surface area (Å²) >= 11 is 0. The van der Waals surface area contributed by atoms with Crippen LogP contribution in [0.3, 0.4) is 0 Å². The number of amides is 5. The van der Waals surface area contributed by atoms with Gasteiger partial charge in [0.05, 0.1) is 7.11 Å². The van der Waals surface area contributed by atoms with Crippen molar-refractivity contribution in [2.24, 2.45) is 5.92 Å². The average molecular weight is 588 g/mol. The number of rotatable bonds is 11. The van der Waals surface area contributed by atoms with Crippen LogP contribution in [0.5, 0.6) is 5.75 Å². The Morgan fingerprint density at radius 3 is 2.29 bits per heavy atom. The van der Waals surface area contributed by atoms with E-state index in [9.17, 15) is 24.0 Å². The molecule has 12 nitrogen and oxygen atoms in total. The van der Waals surface area contributed by atoms with E-state index in [0.29, 0.717) is 44.4 Å². The van der Waals surface area contributed by atoms with Crippen molar-refractivity contribution < 1.29 is 33.9 Å². The highest BCUT2D eigenvalue weighted by Crippen LogP contribution is 2.22. The van der Waals surface area contributed by atoms with Gasteiger partial charge in [0.1, 0.15) is 29.9 Å². The standard InChI is InChI=1S/C30H45N5O7/c1-19(2)17-24-30(40)35-16-8-7-10-25(35)29(39)31-22(9-5-4-6-11-26(36)34-41)27(37)32-23(28(38)33-24)18-20-12-14-21(42-3)15-13-20/h12-15,19,22-25,41H,4-11,16-18H2,1-3H3,(H,31,39)(H,32,37)(H,33,38)(H,34,36)/t22-,23+,24-,25+/m0/s1. The van der Waals surface area contributed by atoms with Crippen molar-refractivity contribution in [1.29, 1.82) is 0 Å². The Bertz CT molecular complexity index is 1090. The van der Waals surface area contributed by atoms with Crippen LogP contribution >= 0.6 is 0 Å².